The van der Waals surface area contributed by atoms with Gasteiger partial charge in [-0.1, -0.05) is 41.1 Å². The lowest BCUT2D eigenvalue weighted by atomic mass is 10.2. The Balaban J connectivity index is 1.54. The summed E-state index contributed by atoms with van der Waals surface area (Å²) in [7, 11) is 0. The van der Waals surface area contributed by atoms with Gasteiger partial charge in [0.15, 0.2) is 6.61 Å². The van der Waals surface area contributed by atoms with E-state index in [1.807, 2.05) is 50.2 Å². The highest BCUT2D eigenvalue weighted by atomic mass is 35.5. The standard InChI is InChI=1S/C20H17ClN4O2S/c1-12-5-3-6-14(9-12)27-11-18(26)22-17-10-13(2)24-25(17)20-23-19-15(21)7-4-8-16(19)28-20/h3-10H,11H2,1-2H3,(H,22,26). The number of benzene rings is 2. The van der Waals surface area contributed by atoms with Crippen LogP contribution in [0.15, 0.2) is 48.5 Å². The molecule has 8 heteroatoms. The van der Waals surface area contributed by atoms with Crippen molar-refractivity contribution in [2.45, 2.75) is 13.8 Å². The number of amides is 1. The Morgan fingerprint density at radius 1 is 1.21 bits per heavy atom. The zero-order valence-corrected chi connectivity index (χ0v) is 16.8. The molecule has 2 heterocycles. The number of rotatable bonds is 5. The molecule has 28 heavy (non-hydrogen) atoms. The van der Waals surface area contributed by atoms with E-state index in [-0.39, 0.29) is 12.5 Å². The summed E-state index contributed by atoms with van der Waals surface area (Å²) in [6.45, 7) is 3.73. The summed E-state index contributed by atoms with van der Waals surface area (Å²) in [5, 5.41) is 8.51. The number of nitrogens with zero attached hydrogens (tertiary/aromatic N) is 3. The van der Waals surface area contributed by atoms with Crippen molar-refractivity contribution >= 4 is 44.9 Å². The maximum Gasteiger partial charge on any atom is 0.263 e. The molecule has 1 amide bonds. The molecule has 0 bridgehead atoms. The van der Waals surface area contributed by atoms with E-state index in [0.717, 1.165) is 21.5 Å². The molecule has 142 valence electrons. The average Bonchev–Trinajstić information content (AvgIpc) is 3.24. The van der Waals surface area contributed by atoms with Crippen LogP contribution in [-0.4, -0.2) is 27.3 Å². The lowest BCUT2D eigenvalue weighted by Crippen LogP contribution is -2.21. The van der Waals surface area contributed by atoms with Gasteiger partial charge in [-0.05, 0) is 43.7 Å². The molecule has 6 nitrogen and oxygen atoms in total. The molecule has 0 saturated heterocycles. The van der Waals surface area contributed by atoms with E-state index in [9.17, 15) is 4.79 Å². The van der Waals surface area contributed by atoms with Gasteiger partial charge in [-0.3, -0.25) is 4.79 Å². The molecule has 4 aromatic rings. The van der Waals surface area contributed by atoms with Crippen LogP contribution in [0.25, 0.3) is 15.3 Å². The first kappa shape index (κ1) is 18.5. The minimum Gasteiger partial charge on any atom is -0.484 e. The molecule has 0 unspecified atom stereocenters. The third-order valence-electron chi connectivity index (χ3n) is 4.00. The number of hydrogen-bond donors (Lipinski definition) is 1. The fraction of sp³-hybridized carbons (Fsp3) is 0.150. The van der Waals surface area contributed by atoms with Gasteiger partial charge in [0.1, 0.15) is 17.1 Å². The average molecular weight is 413 g/mol. The van der Waals surface area contributed by atoms with Crippen molar-refractivity contribution in [3.05, 3.63) is 64.8 Å². The van der Waals surface area contributed by atoms with Crippen molar-refractivity contribution < 1.29 is 9.53 Å². The predicted octanol–water partition coefficient (Wildman–Crippen LogP) is 4.77. The SMILES string of the molecule is Cc1cccc(OCC(=O)Nc2cc(C)nn2-c2nc3c(Cl)cccc3s2)c1. The van der Waals surface area contributed by atoms with Crippen LogP contribution in [0.5, 0.6) is 5.75 Å². The number of nitrogens with one attached hydrogen (secondary N) is 1. The number of para-hydroxylation sites is 1. The molecule has 0 aliphatic carbocycles. The van der Waals surface area contributed by atoms with E-state index in [1.165, 1.54) is 11.3 Å². The molecule has 2 aromatic heterocycles. The van der Waals surface area contributed by atoms with Gasteiger partial charge in [0.05, 0.1) is 15.4 Å². The summed E-state index contributed by atoms with van der Waals surface area (Å²) >= 11 is 7.68. The highest BCUT2D eigenvalue weighted by Gasteiger charge is 2.15. The van der Waals surface area contributed by atoms with Gasteiger partial charge in [-0.25, -0.2) is 4.98 Å². The lowest BCUT2D eigenvalue weighted by Gasteiger charge is -2.08. The second kappa shape index (κ2) is 7.61. The molecular weight excluding hydrogens is 396 g/mol. The Hall–Kier alpha value is -2.90. The molecular formula is C20H17ClN4O2S. The Morgan fingerprint density at radius 3 is 2.82 bits per heavy atom. The lowest BCUT2D eigenvalue weighted by molar-refractivity contribution is -0.118. The molecule has 0 atom stereocenters. The number of ether oxygens (including phenoxy) is 1. The molecule has 4 rings (SSSR count). The molecule has 2 aromatic carbocycles. The minimum atomic E-state index is -0.276. The highest BCUT2D eigenvalue weighted by Crippen LogP contribution is 2.31. The third-order valence-corrected chi connectivity index (χ3v) is 5.30. The Morgan fingerprint density at radius 2 is 2.04 bits per heavy atom. The third kappa shape index (κ3) is 3.85. The van der Waals surface area contributed by atoms with Crippen LogP contribution in [-0.2, 0) is 4.79 Å². The maximum absolute atomic E-state index is 12.4. The van der Waals surface area contributed by atoms with Crippen LogP contribution >= 0.6 is 22.9 Å². The molecule has 0 saturated carbocycles. The van der Waals surface area contributed by atoms with E-state index in [4.69, 9.17) is 16.3 Å². The summed E-state index contributed by atoms with van der Waals surface area (Å²) in [5.41, 5.74) is 2.55. The highest BCUT2D eigenvalue weighted by molar-refractivity contribution is 7.20. The maximum atomic E-state index is 12.4. The number of aromatic nitrogens is 3. The van der Waals surface area contributed by atoms with Gasteiger partial charge in [0.2, 0.25) is 5.13 Å². The van der Waals surface area contributed by atoms with Gasteiger partial charge in [-0.2, -0.15) is 9.78 Å². The number of thiazole rings is 1. The van der Waals surface area contributed by atoms with E-state index < -0.39 is 0 Å². The van der Waals surface area contributed by atoms with Crippen LogP contribution in [0.2, 0.25) is 5.02 Å². The fourth-order valence-corrected chi connectivity index (χ4v) is 3.99. The second-order valence-electron chi connectivity index (χ2n) is 6.32. The zero-order valence-electron chi connectivity index (χ0n) is 15.3. The van der Waals surface area contributed by atoms with Crippen LogP contribution in [0.4, 0.5) is 5.82 Å². The van der Waals surface area contributed by atoms with Gasteiger partial charge >= 0.3 is 0 Å². The van der Waals surface area contributed by atoms with Crippen molar-refractivity contribution in [2.75, 3.05) is 11.9 Å². The van der Waals surface area contributed by atoms with Crippen molar-refractivity contribution in [1.82, 2.24) is 14.8 Å². The van der Waals surface area contributed by atoms with Gasteiger partial charge in [0, 0.05) is 6.07 Å². The topological polar surface area (TPSA) is 69.0 Å². The first-order chi connectivity index (χ1) is 13.5. The van der Waals surface area contributed by atoms with Crippen LogP contribution in [0.1, 0.15) is 11.3 Å². The summed E-state index contributed by atoms with van der Waals surface area (Å²) in [6, 6.07) is 15.0. The molecule has 0 radical (unpaired) electrons. The normalized spacial score (nSPS) is 11.0. The number of aryl methyl sites for hydroxylation is 2. The van der Waals surface area contributed by atoms with E-state index in [2.05, 4.69) is 15.4 Å². The number of anilines is 1. The number of carbonyl (C=O) groups is 1. The second-order valence-corrected chi connectivity index (χ2v) is 7.74. The largest absolute Gasteiger partial charge is 0.484 e. The van der Waals surface area contributed by atoms with Gasteiger partial charge in [0.25, 0.3) is 5.91 Å². The van der Waals surface area contributed by atoms with Crippen molar-refractivity contribution in [3.8, 4) is 10.9 Å². The number of carbonyl (C=O) groups excluding carboxylic acids is 1. The Kier molecular flexibility index (Phi) is 5.02. The van der Waals surface area contributed by atoms with Crippen LogP contribution < -0.4 is 10.1 Å². The number of fused-ring (bicyclic) bond motifs is 1. The molecule has 1 N–H and O–H groups in total. The first-order valence-electron chi connectivity index (χ1n) is 8.61. The zero-order chi connectivity index (χ0) is 19.7. The van der Waals surface area contributed by atoms with Crippen molar-refractivity contribution in [3.63, 3.8) is 0 Å². The van der Waals surface area contributed by atoms with Crippen molar-refractivity contribution in [1.29, 1.82) is 0 Å². The number of halogens is 1. The van der Waals surface area contributed by atoms with Crippen LogP contribution in [0.3, 0.4) is 0 Å². The quantitative estimate of drug-likeness (QED) is 0.512. The van der Waals surface area contributed by atoms with Crippen molar-refractivity contribution in [2.24, 2.45) is 0 Å². The smallest absolute Gasteiger partial charge is 0.263 e. The van der Waals surface area contributed by atoms with E-state index >= 15 is 0 Å². The summed E-state index contributed by atoms with van der Waals surface area (Å²) in [4.78, 5) is 16.9. The van der Waals surface area contributed by atoms with Crippen LogP contribution in [0, 0.1) is 13.8 Å². The monoisotopic (exact) mass is 412 g/mol. The first-order valence-corrected chi connectivity index (χ1v) is 9.80. The summed E-state index contributed by atoms with van der Waals surface area (Å²) < 4.78 is 8.13. The summed E-state index contributed by atoms with van der Waals surface area (Å²) in [6.07, 6.45) is 0. The van der Waals surface area contributed by atoms with E-state index in [1.54, 1.807) is 16.8 Å². The molecule has 0 spiro atoms. The summed E-state index contributed by atoms with van der Waals surface area (Å²) in [5.74, 6) is 0.910. The fourth-order valence-electron chi connectivity index (χ4n) is 2.76. The predicted molar refractivity (Wildman–Crippen MR) is 112 cm³/mol. The Labute approximate surface area is 170 Å². The van der Waals surface area contributed by atoms with E-state index in [0.29, 0.717) is 21.7 Å². The van der Waals surface area contributed by atoms with Gasteiger partial charge < -0.3 is 10.1 Å². The molecule has 0 fully saturated rings. The number of hydrogen-bond acceptors (Lipinski definition) is 5. The molecule has 0 aliphatic heterocycles. The molecule has 0 aliphatic rings. The Bertz CT molecular complexity index is 1170. The van der Waals surface area contributed by atoms with Gasteiger partial charge in [-0.15, -0.1) is 0 Å². The minimum absolute atomic E-state index is 0.0979.